The van der Waals surface area contributed by atoms with Crippen LogP contribution < -0.4 is 10.1 Å². The third kappa shape index (κ3) is 6.19. The van der Waals surface area contributed by atoms with Gasteiger partial charge in [-0.2, -0.15) is 0 Å². The molecule has 4 nitrogen and oxygen atoms in total. The third-order valence-corrected chi connectivity index (χ3v) is 4.63. The Morgan fingerprint density at radius 3 is 2.42 bits per heavy atom. The smallest absolute Gasteiger partial charge is 0.258 e. The van der Waals surface area contributed by atoms with Gasteiger partial charge in [0.2, 0.25) is 0 Å². The number of rotatable bonds is 9. The van der Waals surface area contributed by atoms with Crippen molar-refractivity contribution >= 4 is 5.91 Å². The molecule has 0 atom stereocenters. The fourth-order valence-electron chi connectivity index (χ4n) is 2.75. The van der Waals surface area contributed by atoms with E-state index in [1.807, 2.05) is 37.3 Å². The molecule has 0 aliphatic carbocycles. The van der Waals surface area contributed by atoms with E-state index in [0.29, 0.717) is 6.54 Å². The van der Waals surface area contributed by atoms with Gasteiger partial charge in [0.15, 0.2) is 6.61 Å². The molecule has 1 amide bonds. The molecule has 2 aromatic carbocycles. The first-order valence-corrected chi connectivity index (χ1v) is 9.28. The highest BCUT2D eigenvalue weighted by Crippen LogP contribution is 2.16. The molecule has 1 N–H and O–H groups in total. The number of benzene rings is 2. The maximum atomic E-state index is 12.1. The number of carbonyl (C=O) groups excluding carboxylic acids is 1. The van der Waals surface area contributed by atoms with Crippen LogP contribution in [0.3, 0.4) is 0 Å². The van der Waals surface area contributed by atoms with Crippen LogP contribution in [-0.4, -0.2) is 30.5 Å². The minimum absolute atomic E-state index is 0.0294. The van der Waals surface area contributed by atoms with Crippen molar-refractivity contribution in [1.29, 1.82) is 0 Å². The summed E-state index contributed by atoms with van der Waals surface area (Å²) in [6, 6.07) is 14.2. The molecule has 2 rings (SSSR count). The van der Waals surface area contributed by atoms with Crippen LogP contribution in [0.5, 0.6) is 5.75 Å². The van der Waals surface area contributed by atoms with Crippen molar-refractivity contribution < 1.29 is 9.53 Å². The molecule has 0 aromatic heterocycles. The highest BCUT2D eigenvalue weighted by atomic mass is 16.5. The SMILES string of the molecule is CCN(CC)Cc1cccc(CNC(=O)COc2ccc(C)c(C)c2)c1. The molecule has 0 heterocycles. The van der Waals surface area contributed by atoms with Gasteiger partial charge in [-0.3, -0.25) is 9.69 Å². The summed E-state index contributed by atoms with van der Waals surface area (Å²) in [6.45, 7) is 12.0. The quantitative estimate of drug-likeness (QED) is 0.744. The molecule has 2 aromatic rings. The Morgan fingerprint density at radius 1 is 1.00 bits per heavy atom. The molecule has 0 saturated heterocycles. The van der Waals surface area contributed by atoms with Gasteiger partial charge in [0.25, 0.3) is 5.91 Å². The van der Waals surface area contributed by atoms with Crippen LogP contribution in [0.25, 0.3) is 0 Å². The van der Waals surface area contributed by atoms with Crippen molar-refractivity contribution in [3.8, 4) is 5.75 Å². The molecule has 26 heavy (non-hydrogen) atoms. The van der Waals surface area contributed by atoms with Gasteiger partial charge in [-0.15, -0.1) is 0 Å². The highest BCUT2D eigenvalue weighted by Gasteiger charge is 2.06. The molecular weight excluding hydrogens is 324 g/mol. The molecule has 0 fully saturated rings. The molecule has 4 heteroatoms. The lowest BCUT2D eigenvalue weighted by molar-refractivity contribution is -0.123. The third-order valence-electron chi connectivity index (χ3n) is 4.63. The van der Waals surface area contributed by atoms with E-state index in [0.717, 1.165) is 36.5 Å². The zero-order valence-corrected chi connectivity index (χ0v) is 16.3. The van der Waals surface area contributed by atoms with Gasteiger partial charge in [0, 0.05) is 13.1 Å². The number of nitrogens with one attached hydrogen (secondary N) is 1. The van der Waals surface area contributed by atoms with E-state index in [2.05, 4.69) is 43.1 Å². The standard InChI is InChI=1S/C22H30N2O2/c1-5-24(6-2)15-20-9-7-8-19(13-20)14-23-22(25)16-26-21-11-10-17(3)18(4)12-21/h7-13H,5-6,14-16H2,1-4H3,(H,23,25). The number of ether oxygens (including phenoxy) is 1. The van der Waals surface area contributed by atoms with Crippen LogP contribution >= 0.6 is 0 Å². The van der Waals surface area contributed by atoms with Crippen LogP contribution in [0.2, 0.25) is 0 Å². The van der Waals surface area contributed by atoms with Crippen molar-refractivity contribution in [1.82, 2.24) is 10.2 Å². The predicted octanol–water partition coefficient (Wildman–Crippen LogP) is 3.84. The molecule has 0 radical (unpaired) electrons. The Morgan fingerprint density at radius 2 is 1.73 bits per heavy atom. The second-order valence-electron chi connectivity index (χ2n) is 6.59. The first-order chi connectivity index (χ1) is 12.5. The lowest BCUT2D eigenvalue weighted by Gasteiger charge is -2.18. The van der Waals surface area contributed by atoms with E-state index in [1.54, 1.807) is 0 Å². The van der Waals surface area contributed by atoms with Crippen LogP contribution in [-0.2, 0) is 17.9 Å². The monoisotopic (exact) mass is 354 g/mol. The van der Waals surface area contributed by atoms with E-state index in [-0.39, 0.29) is 12.5 Å². The van der Waals surface area contributed by atoms with Gasteiger partial charge in [0.05, 0.1) is 0 Å². The van der Waals surface area contributed by atoms with Crippen LogP contribution in [0.15, 0.2) is 42.5 Å². The zero-order valence-electron chi connectivity index (χ0n) is 16.3. The summed E-state index contributed by atoms with van der Waals surface area (Å²) in [4.78, 5) is 14.4. The molecule has 0 aliphatic rings. The summed E-state index contributed by atoms with van der Waals surface area (Å²) in [5.41, 5.74) is 4.75. The summed E-state index contributed by atoms with van der Waals surface area (Å²) in [5.74, 6) is 0.613. The van der Waals surface area contributed by atoms with Gasteiger partial charge in [-0.1, -0.05) is 44.2 Å². The Balaban J connectivity index is 1.82. The number of hydrogen-bond acceptors (Lipinski definition) is 3. The van der Waals surface area contributed by atoms with Crippen LogP contribution in [0, 0.1) is 13.8 Å². The second kappa shape index (κ2) is 9.97. The summed E-state index contributed by atoms with van der Waals surface area (Å²) < 4.78 is 5.58. The summed E-state index contributed by atoms with van der Waals surface area (Å²) in [5, 5.41) is 2.93. The molecule has 140 valence electrons. The second-order valence-corrected chi connectivity index (χ2v) is 6.59. The summed E-state index contributed by atoms with van der Waals surface area (Å²) in [7, 11) is 0. The van der Waals surface area contributed by atoms with Gasteiger partial charge < -0.3 is 10.1 Å². The van der Waals surface area contributed by atoms with Crippen molar-refractivity contribution in [3.63, 3.8) is 0 Å². The van der Waals surface area contributed by atoms with Gasteiger partial charge in [-0.05, 0) is 61.3 Å². The summed E-state index contributed by atoms with van der Waals surface area (Å²) in [6.07, 6.45) is 0. The molecule has 0 saturated carbocycles. The number of hydrogen-bond donors (Lipinski definition) is 1. The Hall–Kier alpha value is -2.33. The first kappa shape index (κ1) is 20.0. The van der Waals surface area contributed by atoms with Gasteiger partial charge >= 0.3 is 0 Å². The molecule has 0 aliphatic heterocycles. The lowest BCUT2D eigenvalue weighted by Crippen LogP contribution is -2.28. The Kier molecular flexibility index (Phi) is 7.67. The Bertz CT molecular complexity index is 724. The fourth-order valence-corrected chi connectivity index (χ4v) is 2.75. The maximum Gasteiger partial charge on any atom is 0.258 e. The average molecular weight is 354 g/mol. The zero-order chi connectivity index (χ0) is 18.9. The van der Waals surface area contributed by atoms with E-state index >= 15 is 0 Å². The van der Waals surface area contributed by atoms with Crippen molar-refractivity contribution in [2.45, 2.75) is 40.8 Å². The average Bonchev–Trinajstić information content (AvgIpc) is 2.65. The van der Waals surface area contributed by atoms with Crippen molar-refractivity contribution in [2.75, 3.05) is 19.7 Å². The van der Waals surface area contributed by atoms with Crippen LogP contribution in [0.4, 0.5) is 0 Å². The number of aryl methyl sites for hydroxylation is 2. The first-order valence-electron chi connectivity index (χ1n) is 9.28. The lowest BCUT2D eigenvalue weighted by atomic mass is 10.1. The number of carbonyl (C=O) groups is 1. The minimum atomic E-state index is -0.114. The largest absolute Gasteiger partial charge is 0.484 e. The predicted molar refractivity (Wildman–Crippen MR) is 106 cm³/mol. The molecule has 0 bridgehead atoms. The van der Waals surface area contributed by atoms with Crippen LogP contribution in [0.1, 0.15) is 36.1 Å². The van der Waals surface area contributed by atoms with E-state index in [1.165, 1.54) is 11.1 Å². The number of amides is 1. The topological polar surface area (TPSA) is 41.6 Å². The molecule has 0 spiro atoms. The normalized spacial score (nSPS) is 10.8. The highest BCUT2D eigenvalue weighted by molar-refractivity contribution is 5.77. The van der Waals surface area contributed by atoms with Gasteiger partial charge in [0.1, 0.15) is 5.75 Å². The van der Waals surface area contributed by atoms with E-state index < -0.39 is 0 Å². The summed E-state index contributed by atoms with van der Waals surface area (Å²) >= 11 is 0. The maximum absolute atomic E-state index is 12.1. The number of nitrogens with zero attached hydrogens (tertiary/aromatic N) is 1. The molecular formula is C22H30N2O2. The van der Waals surface area contributed by atoms with E-state index in [9.17, 15) is 4.79 Å². The van der Waals surface area contributed by atoms with Crippen molar-refractivity contribution in [2.24, 2.45) is 0 Å². The van der Waals surface area contributed by atoms with E-state index in [4.69, 9.17) is 4.74 Å². The molecule has 0 unspecified atom stereocenters. The minimum Gasteiger partial charge on any atom is -0.484 e. The Labute approximate surface area is 157 Å². The fraction of sp³-hybridized carbons (Fsp3) is 0.409. The van der Waals surface area contributed by atoms with Gasteiger partial charge in [-0.25, -0.2) is 0 Å². The van der Waals surface area contributed by atoms with Crippen molar-refractivity contribution in [3.05, 3.63) is 64.7 Å².